The van der Waals surface area contributed by atoms with Crippen LogP contribution in [0.5, 0.6) is 0 Å². The maximum Gasteiger partial charge on any atom is 0.204 e. The fourth-order valence-corrected chi connectivity index (χ4v) is 7.02. The highest BCUT2D eigenvalue weighted by atomic mass is 16.7. The van der Waals surface area contributed by atoms with Crippen LogP contribution in [-0.2, 0) is 4.74 Å². The molecule has 3 unspecified atom stereocenters. The number of unbranched alkanes of at least 4 members (excludes halogenated alkanes) is 16. The lowest BCUT2D eigenvalue weighted by atomic mass is 9.97. The van der Waals surface area contributed by atoms with Crippen molar-refractivity contribution in [2.75, 3.05) is 6.61 Å². The molecule has 0 radical (unpaired) electrons. The first-order chi connectivity index (χ1) is 16.3. The average Bonchev–Trinajstić information content (AvgIpc) is 3.54. The van der Waals surface area contributed by atoms with Crippen molar-refractivity contribution >= 4 is 0 Å². The monoisotopic (exact) mass is 482 g/mol. The smallest absolute Gasteiger partial charge is 0.204 e. The van der Waals surface area contributed by atoms with Crippen molar-refractivity contribution in [3.8, 4) is 0 Å². The van der Waals surface area contributed by atoms with E-state index in [1.165, 1.54) is 89.9 Å². The first-order valence-electron chi connectivity index (χ1n) is 14.9. The van der Waals surface area contributed by atoms with Gasteiger partial charge in [0.15, 0.2) is 5.60 Å². The Balaban J connectivity index is 1.35. The predicted octanol–water partition coefficient (Wildman–Crippen LogP) is 6.00. The maximum absolute atomic E-state index is 11.4. The number of hydrogen-bond acceptors (Lipinski definition) is 5. The molecule has 2 aliphatic carbocycles. The van der Waals surface area contributed by atoms with Crippen LogP contribution >= 0.6 is 0 Å². The van der Waals surface area contributed by atoms with Crippen molar-refractivity contribution in [3.05, 3.63) is 0 Å². The summed E-state index contributed by atoms with van der Waals surface area (Å²) in [5, 5.41) is 44.8. The van der Waals surface area contributed by atoms with Crippen LogP contribution in [0.25, 0.3) is 0 Å². The summed E-state index contributed by atoms with van der Waals surface area (Å²) in [6, 6.07) is 0. The lowest BCUT2D eigenvalue weighted by Gasteiger charge is -2.30. The molecule has 34 heavy (non-hydrogen) atoms. The van der Waals surface area contributed by atoms with Gasteiger partial charge in [-0.15, -0.1) is 0 Å². The van der Waals surface area contributed by atoms with E-state index in [-0.39, 0.29) is 6.61 Å². The van der Waals surface area contributed by atoms with Crippen LogP contribution < -0.4 is 0 Å². The number of hydrogen-bond donors (Lipinski definition) is 4. The average molecular weight is 483 g/mol. The molecule has 0 aromatic carbocycles. The van der Waals surface area contributed by atoms with E-state index >= 15 is 0 Å². The molecule has 0 amide bonds. The topological polar surface area (TPSA) is 90.2 Å². The van der Waals surface area contributed by atoms with Crippen molar-refractivity contribution in [1.29, 1.82) is 0 Å². The van der Waals surface area contributed by atoms with E-state index in [2.05, 4.69) is 13.8 Å². The number of ether oxygens (including phenoxy) is 1. The normalized spacial score (nSPS) is 37.9. The zero-order valence-corrected chi connectivity index (χ0v) is 22.2. The van der Waals surface area contributed by atoms with Crippen LogP contribution in [0.2, 0.25) is 0 Å². The Bertz CT molecular complexity index is 561. The highest BCUT2D eigenvalue weighted by Crippen LogP contribution is 2.78. The minimum absolute atomic E-state index is 0.0847. The second-order valence-electron chi connectivity index (χ2n) is 11.8. The van der Waals surface area contributed by atoms with Crippen LogP contribution in [0.15, 0.2) is 0 Å². The summed E-state index contributed by atoms with van der Waals surface area (Å²) in [6.07, 6.45) is 23.2. The minimum Gasteiger partial charge on any atom is -0.384 e. The highest BCUT2D eigenvalue weighted by Gasteiger charge is 3.00. The van der Waals surface area contributed by atoms with Gasteiger partial charge in [-0.25, -0.2) is 0 Å². The molecule has 0 bridgehead atoms. The zero-order chi connectivity index (χ0) is 24.7. The third kappa shape index (κ3) is 5.25. The molecule has 4 N–H and O–H groups in total. The molecule has 5 nitrogen and oxygen atoms in total. The van der Waals surface area contributed by atoms with E-state index in [0.717, 1.165) is 25.7 Å². The van der Waals surface area contributed by atoms with Gasteiger partial charge >= 0.3 is 0 Å². The summed E-state index contributed by atoms with van der Waals surface area (Å²) in [4.78, 5) is 0. The summed E-state index contributed by atoms with van der Waals surface area (Å²) >= 11 is 0. The first kappa shape index (κ1) is 28.4. The molecule has 3 aliphatic rings. The van der Waals surface area contributed by atoms with Gasteiger partial charge in [0.2, 0.25) is 5.79 Å². The summed E-state index contributed by atoms with van der Waals surface area (Å²) < 4.78 is 5.63. The second-order valence-corrected chi connectivity index (χ2v) is 11.8. The predicted molar refractivity (Wildman–Crippen MR) is 136 cm³/mol. The molecule has 5 heteroatoms. The Morgan fingerprint density at radius 3 is 1.35 bits per heavy atom. The Morgan fingerprint density at radius 2 is 0.912 bits per heavy atom. The fraction of sp³-hybridized carbons (Fsp3) is 1.00. The van der Waals surface area contributed by atoms with Crippen molar-refractivity contribution in [2.24, 2.45) is 11.8 Å². The molecule has 0 spiro atoms. The van der Waals surface area contributed by atoms with Crippen molar-refractivity contribution in [3.63, 3.8) is 0 Å². The Morgan fingerprint density at radius 1 is 0.529 bits per heavy atom. The highest BCUT2D eigenvalue weighted by molar-refractivity contribution is 5.46. The first-order valence-corrected chi connectivity index (χ1v) is 14.9. The molecule has 2 saturated carbocycles. The number of fused-ring (bicyclic) bond motifs is 3. The van der Waals surface area contributed by atoms with Crippen LogP contribution in [0.4, 0.5) is 0 Å². The van der Waals surface area contributed by atoms with E-state index in [9.17, 15) is 20.4 Å². The number of rotatable bonds is 20. The van der Waals surface area contributed by atoms with Gasteiger partial charge in [0.25, 0.3) is 0 Å². The molecule has 6 atom stereocenters. The van der Waals surface area contributed by atoms with E-state index in [1.54, 1.807) is 0 Å². The van der Waals surface area contributed by atoms with Gasteiger partial charge in [-0.1, -0.05) is 129 Å². The molecule has 0 aromatic rings. The molecule has 3 rings (SSSR count). The zero-order valence-electron chi connectivity index (χ0n) is 22.2. The largest absolute Gasteiger partial charge is 0.384 e. The summed E-state index contributed by atoms with van der Waals surface area (Å²) in [7, 11) is 0. The summed E-state index contributed by atoms with van der Waals surface area (Å²) in [5.74, 6) is -2.60. The van der Waals surface area contributed by atoms with Crippen LogP contribution in [0.3, 0.4) is 0 Å². The van der Waals surface area contributed by atoms with Crippen molar-refractivity contribution < 1.29 is 25.2 Å². The van der Waals surface area contributed by atoms with Gasteiger partial charge in [-0.05, 0) is 12.8 Å². The number of aliphatic hydroxyl groups is 4. The van der Waals surface area contributed by atoms with Gasteiger partial charge < -0.3 is 25.2 Å². The van der Waals surface area contributed by atoms with E-state index in [4.69, 9.17) is 4.74 Å². The maximum atomic E-state index is 11.4. The van der Waals surface area contributed by atoms with Crippen LogP contribution in [0.1, 0.15) is 142 Å². The fourth-order valence-electron chi connectivity index (χ4n) is 7.02. The molecular formula is C29H54O5. The van der Waals surface area contributed by atoms with E-state index in [1.807, 2.05) is 0 Å². The lowest BCUT2D eigenvalue weighted by molar-refractivity contribution is -0.255. The van der Waals surface area contributed by atoms with Crippen molar-refractivity contribution in [2.45, 2.75) is 165 Å². The molecule has 3 fully saturated rings. The molecule has 1 aliphatic heterocycles. The third-order valence-corrected chi connectivity index (χ3v) is 9.38. The lowest BCUT2D eigenvalue weighted by Crippen LogP contribution is -2.53. The Hall–Kier alpha value is -0.200. The third-order valence-electron chi connectivity index (χ3n) is 9.38. The molecule has 1 heterocycles. The summed E-state index contributed by atoms with van der Waals surface area (Å²) in [6.45, 7) is 4.39. The van der Waals surface area contributed by atoms with Crippen LogP contribution in [0, 0.1) is 11.8 Å². The molecule has 0 aromatic heterocycles. The molecular weight excluding hydrogens is 428 g/mol. The van der Waals surface area contributed by atoms with Gasteiger partial charge in [0.1, 0.15) is 11.2 Å². The summed E-state index contributed by atoms with van der Waals surface area (Å²) in [5.41, 5.74) is -4.77. The van der Waals surface area contributed by atoms with Gasteiger partial charge in [-0.3, -0.25) is 0 Å². The van der Waals surface area contributed by atoms with Gasteiger partial charge in [-0.2, -0.15) is 0 Å². The SMILES string of the molecule is CCCCCCCCCCCC1[C@]2(O)[C@]1(O)COC1(O)C(CCCCCCCCCCC)[C@]12O. The standard InChI is InChI=1S/C29H54O5/c1-3-5-7-9-11-13-15-17-19-21-24-26(30)23-34-29(33)25(28(29,32)27(24,26)31)22-20-18-16-14-12-10-8-6-4-2/h24-25,30-33H,3-23H2,1-2H3/t24?,25?,26-,27-,28+,29?/m0/s1. The van der Waals surface area contributed by atoms with Crippen LogP contribution in [-0.4, -0.2) is 49.6 Å². The minimum atomic E-state index is -1.73. The quantitative estimate of drug-likeness (QED) is 0.160. The van der Waals surface area contributed by atoms with Crippen molar-refractivity contribution in [1.82, 2.24) is 0 Å². The van der Waals surface area contributed by atoms with Gasteiger partial charge in [0, 0.05) is 5.92 Å². The Kier molecular flexibility index (Phi) is 10.3. The second kappa shape index (κ2) is 12.4. The van der Waals surface area contributed by atoms with Gasteiger partial charge in [0.05, 0.1) is 12.5 Å². The van der Waals surface area contributed by atoms with E-state index < -0.39 is 34.4 Å². The molecule has 1 saturated heterocycles. The molecule has 200 valence electrons. The van der Waals surface area contributed by atoms with E-state index in [0.29, 0.717) is 12.8 Å². The Labute approximate surface area is 208 Å².